The summed E-state index contributed by atoms with van der Waals surface area (Å²) in [4.78, 5) is 29.8. The first-order valence-corrected chi connectivity index (χ1v) is 8.92. The summed E-state index contributed by atoms with van der Waals surface area (Å²) < 4.78 is 5.66. The monoisotopic (exact) mass is 370 g/mol. The van der Waals surface area contributed by atoms with Crippen LogP contribution in [0, 0.1) is 0 Å². The van der Waals surface area contributed by atoms with E-state index in [2.05, 4.69) is 5.32 Å². The summed E-state index contributed by atoms with van der Waals surface area (Å²) in [6, 6.07) is 16.5. The van der Waals surface area contributed by atoms with E-state index in [1.807, 2.05) is 61.5 Å². The van der Waals surface area contributed by atoms with Crippen LogP contribution in [0.25, 0.3) is 0 Å². The quantitative estimate of drug-likeness (QED) is 0.688. The number of carbonyl (C=O) groups excluding carboxylic acids is 2. The molecule has 0 aliphatic rings. The molecule has 2 aromatic rings. The summed E-state index contributed by atoms with van der Waals surface area (Å²) in [5, 5.41) is 4.15. The molecular formula is C21H26N2O4. The number of amides is 2. The number of ether oxygens (including phenoxy) is 1. The molecule has 2 aromatic carbocycles. The standard InChI is InChI=1S/C21H26N2O4/c1-4-27-20-13-9-8-12-18(20)19(22-16(2)24)14-21(25)23(26-3)15-17-10-6-5-7-11-17/h5-13,19H,4,14-15H2,1-3H3,(H,22,24)/t19-/m1/s1. The summed E-state index contributed by atoms with van der Waals surface area (Å²) in [6.45, 7) is 4.15. The Hall–Kier alpha value is -2.86. The van der Waals surface area contributed by atoms with Crippen molar-refractivity contribution in [3.05, 3.63) is 65.7 Å². The minimum absolute atomic E-state index is 0.0599. The molecule has 0 spiro atoms. The van der Waals surface area contributed by atoms with Crippen LogP contribution in [0.3, 0.4) is 0 Å². The lowest BCUT2D eigenvalue weighted by molar-refractivity contribution is -0.179. The zero-order valence-electron chi connectivity index (χ0n) is 16.0. The third kappa shape index (κ3) is 6.11. The van der Waals surface area contributed by atoms with Gasteiger partial charge in [-0.15, -0.1) is 0 Å². The molecule has 0 saturated heterocycles. The predicted octanol–water partition coefficient (Wildman–Crippen LogP) is 3.24. The van der Waals surface area contributed by atoms with E-state index < -0.39 is 6.04 Å². The van der Waals surface area contributed by atoms with Crippen LogP contribution in [0.4, 0.5) is 0 Å². The number of hydrogen-bond donors (Lipinski definition) is 1. The van der Waals surface area contributed by atoms with E-state index in [1.165, 1.54) is 19.1 Å². The van der Waals surface area contributed by atoms with E-state index >= 15 is 0 Å². The fourth-order valence-corrected chi connectivity index (χ4v) is 2.82. The van der Waals surface area contributed by atoms with Crippen LogP contribution in [0.2, 0.25) is 0 Å². The fourth-order valence-electron chi connectivity index (χ4n) is 2.82. The maximum atomic E-state index is 12.8. The number of nitrogens with one attached hydrogen (secondary N) is 1. The van der Waals surface area contributed by atoms with Gasteiger partial charge in [-0.3, -0.25) is 14.4 Å². The van der Waals surface area contributed by atoms with Crippen LogP contribution < -0.4 is 10.1 Å². The van der Waals surface area contributed by atoms with Crippen LogP contribution in [0.15, 0.2) is 54.6 Å². The Morgan fingerprint density at radius 3 is 2.37 bits per heavy atom. The molecule has 0 heterocycles. The van der Waals surface area contributed by atoms with Gasteiger partial charge in [0.1, 0.15) is 5.75 Å². The van der Waals surface area contributed by atoms with Gasteiger partial charge in [-0.2, -0.15) is 0 Å². The van der Waals surface area contributed by atoms with Crippen molar-refractivity contribution in [1.82, 2.24) is 10.4 Å². The van der Waals surface area contributed by atoms with Crippen molar-refractivity contribution >= 4 is 11.8 Å². The molecule has 1 N–H and O–H groups in total. The van der Waals surface area contributed by atoms with Gasteiger partial charge in [0.15, 0.2) is 0 Å². The Labute approximate surface area is 160 Å². The van der Waals surface area contributed by atoms with Gasteiger partial charge in [0.25, 0.3) is 0 Å². The van der Waals surface area contributed by atoms with Crippen LogP contribution in [0.1, 0.15) is 37.4 Å². The first kappa shape index (κ1) is 20.5. The van der Waals surface area contributed by atoms with Crippen LogP contribution >= 0.6 is 0 Å². The Morgan fingerprint density at radius 1 is 1.07 bits per heavy atom. The summed E-state index contributed by atoms with van der Waals surface area (Å²) in [5.74, 6) is 0.205. The Bertz CT molecular complexity index is 749. The number of hydroxylamine groups is 2. The highest BCUT2D eigenvalue weighted by Crippen LogP contribution is 2.28. The number of rotatable bonds is 9. The molecule has 2 rings (SSSR count). The van der Waals surface area contributed by atoms with Gasteiger partial charge in [-0.05, 0) is 18.6 Å². The third-order valence-electron chi connectivity index (χ3n) is 4.02. The number of nitrogens with zero attached hydrogens (tertiary/aromatic N) is 1. The van der Waals surface area contributed by atoms with Crippen molar-refractivity contribution in [3.63, 3.8) is 0 Å². The van der Waals surface area contributed by atoms with Gasteiger partial charge >= 0.3 is 0 Å². The van der Waals surface area contributed by atoms with Crippen molar-refractivity contribution in [2.75, 3.05) is 13.7 Å². The Kier molecular flexibility index (Phi) is 7.82. The van der Waals surface area contributed by atoms with E-state index in [1.54, 1.807) is 0 Å². The highest BCUT2D eigenvalue weighted by atomic mass is 16.7. The van der Waals surface area contributed by atoms with Crippen molar-refractivity contribution in [3.8, 4) is 5.75 Å². The van der Waals surface area contributed by atoms with E-state index in [0.29, 0.717) is 18.9 Å². The number of para-hydroxylation sites is 1. The molecule has 0 aliphatic carbocycles. The maximum absolute atomic E-state index is 12.8. The first-order chi connectivity index (χ1) is 13.0. The molecule has 0 saturated carbocycles. The average Bonchev–Trinajstić information content (AvgIpc) is 2.66. The summed E-state index contributed by atoms with van der Waals surface area (Å²) in [5.41, 5.74) is 1.72. The second-order valence-corrected chi connectivity index (χ2v) is 6.03. The molecule has 6 heteroatoms. The lowest BCUT2D eigenvalue weighted by atomic mass is 10.0. The van der Waals surface area contributed by atoms with Crippen LogP contribution in [-0.4, -0.2) is 30.6 Å². The predicted molar refractivity (Wildman–Crippen MR) is 103 cm³/mol. The molecule has 0 aromatic heterocycles. The van der Waals surface area contributed by atoms with Crippen LogP contribution in [0.5, 0.6) is 5.75 Å². The average molecular weight is 370 g/mol. The van der Waals surface area contributed by atoms with Gasteiger partial charge < -0.3 is 10.1 Å². The first-order valence-electron chi connectivity index (χ1n) is 8.92. The molecule has 144 valence electrons. The SMILES string of the molecule is CCOc1ccccc1[C@@H](CC(=O)N(Cc1ccccc1)OC)NC(C)=O. The van der Waals surface area contributed by atoms with Gasteiger partial charge in [0.05, 0.1) is 32.7 Å². The van der Waals surface area contributed by atoms with Gasteiger partial charge in [0, 0.05) is 12.5 Å². The highest BCUT2D eigenvalue weighted by Gasteiger charge is 2.24. The van der Waals surface area contributed by atoms with Crippen molar-refractivity contribution in [1.29, 1.82) is 0 Å². The minimum atomic E-state index is -0.508. The zero-order valence-corrected chi connectivity index (χ0v) is 16.0. The molecule has 0 fully saturated rings. The normalized spacial score (nSPS) is 11.5. The molecule has 0 unspecified atom stereocenters. The van der Waals surface area contributed by atoms with E-state index in [0.717, 1.165) is 11.1 Å². The second-order valence-electron chi connectivity index (χ2n) is 6.03. The molecule has 0 aliphatic heterocycles. The minimum Gasteiger partial charge on any atom is -0.494 e. The molecule has 27 heavy (non-hydrogen) atoms. The molecule has 6 nitrogen and oxygen atoms in total. The molecular weight excluding hydrogens is 344 g/mol. The van der Waals surface area contributed by atoms with Crippen molar-refractivity contribution in [2.45, 2.75) is 32.9 Å². The second kappa shape index (κ2) is 10.3. The largest absolute Gasteiger partial charge is 0.494 e. The zero-order chi connectivity index (χ0) is 19.6. The van der Waals surface area contributed by atoms with E-state index in [9.17, 15) is 9.59 Å². The van der Waals surface area contributed by atoms with E-state index in [4.69, 9.17) is 9.57 Å². The summed E-state index contributed by atoms with van der Waals surface area (Å²) >= 11 is 0. The van der Waals surface area contributed by atoms with Crippen molar-refractivity contribution in [2.24, 2.45) is 0 Å². The third-order valence-corrected chi connectivity index (χ3v) is 4.02. The summed E-state index contributed by atoms with van der Waals surface area (Å²) in [7, 11) is 1.46. The van der Waals surface area contributed by atoms with Gasteiger partial charge in [-0.25, -0.2) is 5.06 Å². The molecule has 0 bridgehead atoms. The lowest BCUT2D eigenvalue weighted by Gasteiger charge is -2.25. The molecule has 0 radical (unpaired) electrons. The maximum Gasteiger partial charge on any atom is 0.248 e. The highest BCUT2D eigenvalue weighted by molar-refractivity contribution is 5.78. The van der Waals surface area contributed by atoms with E-state index in [-0.39, 0.29) is 18.2 Å². The summed E-state index contributed by atoms with van der Waals surface area (Å²) in [6.07, 6.45) is 0.0599. The van der Waals surface area contributed by atoms with Gasteiger partial charge in [-0.1, -0.05) is 48.5 Å². The number of hydrogen-bond acceptors (Lipinski definition) is 4. The molecule has 2 amide bonds. The number of carbonyl (C=O) groups is 2. The van der Waals surface area contributed by atoms with Crippen molar-refractivity contribution < 1.29 is 19.2 Å². The lowest BCUT2D eigenvalue weighted by Crippen LogP contribution is -2.35. The molecule has 1 atom stereocenters. The fraction of sp³-hybridized carbons (Fsp3) is 0.333. The Balaban J connectivity index is 2.19. The number of benzene rings is 2. The van der Waals surface area contributed by atoms with Crippen LogP contribution in [-0.2, 0) is 21.0 Å². The topological polar surface area (TPSA) is 67.9 Å². The Morgan fingerprint density at radius 2 is 1.74 bits per heavy atom. The van der Waals surface area contributed by atoms with Gasteiger partial charge in [0.2, 0.25) is 11.8 Å². The smallest absolute Gasteiger partial charge is 0.248 e.